The van der Waals surface area contributed by atoms with Gasteiger partial charge in [-0.1, -0.05) is 18.2 Å². The number of anilines is 1. The summed E-state index contributed by atoms with van der Waals surface area (Å²) in [4.78, 5) is 14.7. The summed E-state index contributed by atoms with van der Waals surface area (Å²) in [5.74, 6) is 0.202. The first-order valence-electron chi connectivity index (χ1n) is 8.37. The summed E-state index contributed by atoms with van der Waals surface area (Å²) in [6.45, 7) is 5.19. The number of hydrogen-bond donors (Lipinski definition) is 2. The lowest BCUT2D eigenvalue weighted by Crippen LogP contribution is -2.36. The minimum atomic E-state index is -0.884. The topological polar surface area (TPSA) is 52.6 Å². The maximum Gasteiger partial charge on any atom is 0.227 e. The van der Waals surface area contributed by atoms with Gasteiger partial charge in [0, 0.05) is 36.1 Å². The van der Waals surface area contributed by atoms with Gasteiger partial charge in [-0.05, 0) is 49.4 Å². The molecule has 5 heteroatoms. The van der Waals surface area contributed by atoms with Crippen LogP contribution in [0.25, 0.3) is 0 Å². The predicted molar refractivity (Wildman–Crippen MR) is 98.3 cm³/mol. The molecule has 2 aromatic rings. The van der Waals surface area contributed by atoms with Crippen molar-refractivity contribution in [3.63, 3.8) is 0 Å². The molecule has 0 spiro atoms. The van der Waals surface area contributed by atoms with Crippen LogP contribution in [-0.2, 0) is 10.4 Å². The molecule has 1 aromatic carbocycles. The van der Waals surface area contributed by atoms with Crippen molar-refractivity contribution in [2.75, 3.05) is 18.0 Å². The molecule has 1 amide bonds. The van der Waals surface area contributed by atoms with E-state index in [9.17, 15) is 9.90 Å². The zero-order valence-corrected chi connectivity index (χ0v) is 15.0. The van der Waals surface area contributed by atoms with Crippen molar-refractivity contribution in [2.45, 2.75) is 38.3 Å². The van der Waals surface area contributed by atoms with Crippen molar-refractivity contribution in [1.82, 2.24) is 5.32 Å². The molecular formula is C19H24N2O2S. The highest BCUT2D eigenvalue weighted by Gasteiger charge is 2.25. The number of amides is 1. The lowest BCUT2D eigenvalue weighted by atomic mass is 10.0. The van der Waals surface area contributed by atoms with Crippen LogP contribution in [0.1, 0.15) is 43.2 Å². The Morgan fingerprint density at radius 3 is 2.88 bits per heavy atom. The van der Waals surface area contributed by atoms with Crippen LogP contribution in [0, 0.1) is 0 Å². The van der Waals surface area contributed by atoms with E-state index in [1.165, 1.54) is 0 Å². The van der Waals surface area contributed by atoms with Crippen molar-refractivity contribution in [3.8, 4) is 0 Å². The molecule has 3 rings (SSSR count). The van der Waals surface area contributed by atoms with Crippen molar-refractivity contribution < 1.29 is 9.90 Å². The second-order valence-electron chi connectivity index (χ2n) is 6.60. The number of rotatable bonds is 6. The molecule has 1 aliphatic rings. The number of carbonyl (C=O) groups excluding carboxylic acids is 1. The Bertz CT molecular complexity index is 697. The van der Waals surface area contributed by atoms with Crippen molar-refractivity contribution in [1.29, 1.82) is 0 Å². The van der Waals surface area contributed by atoms with Crippen LogP contribution in [0.5, 0.6) is 0 Å². The number of benzene rings is 1. The van der Waals surface area contributed by atoms with Crippen molar-refractivity contribution in [2.24, 2.45) is 0 Å². The Kier molecular flexibility index (Phi) is 5.04. The van der Waals surface area contributed by atoms with E-state index in [2.05, 4.69) is 24.4 Å². The Morgan fingerprint density at radius 2 is 2.21 bits per heavy atom. The number of nitrogens with zero attached hydrogens (tertiary/aromatic N) is 1. The fourth-order valence-corrected chi connectivity index (χ4v) is 3.81. The summed E-state index contributed by atoms with van der Waals surface area (Å²) in [5.41, 5.74) is 1.20. The minimum Gasteiger partial charge on any atom is -0.383 e. The van der Waals surface area contributed by atoms with E-state index in [-0.39, 0.29) is 11.9 Å². The highest BCUT2D eigenvalue weighted by atomic mass is 32.1. The summed E-state index contributed by atoms with van der Waals surface area (Å²) >= 11 is 1.56. The molecule has 1 aliphatic heterocycles. The van der Waals surface area contributed by atoms with E-state index in [0.717, 1.165) is 29.1 Å². The van der Waals surface area contributed by atoms with E-state index < -0.39 is 5.60 Å². The maximum absolute atomic E-state index is 11.9. The molecule has 0 radical (unpaired) electrons. The van der Waals surface area contributed by atoms with Crippen LogP contribution in [-0.4, -0.2) is 24.1 Å². The molecule has 0 aliphatic carbocycles. The fourth-order valence-electron chi connectivity index (χ4n) is 3.02. The van der Waals surface area contributed by atoms with Gasteiger partial charge >= 0.3 is 0 Å². The lowest BCUT2D eigenvalue weighted by molar-refractivity contribution is -0.117. The minimum absolute atomic E-state index is 0.0918. The number of carbonyl (C=O) groups is 1. The highest BCUT2D eigenvalue weighted by molar-refractivity contribution is 7.10. The summed E-state index contributed by atoms with van der Waals surface area (Å²) in [6.07, 6.45) is 1.57. The molecule has 0 unspecified atom stereocenters. The van der Waals surface area contributed by atoms with Gasteiger partial charge in [0.05, 0.1) is 0 Å². The first-order chi connectivity index (χ1) is 11.5. The Morgan fingerprint density at radius 1 is 1.38 bits per heavy atom. The number of aliphatic hydroxyl groups is 1. The van der Waals surface area contributed by atoms with E-state index in [1.54, 1.807) is 11.3 Å². The quantitative estimate of drug-likeness (QED) is 0.844. The molecule has 2 N–H and O–H groups in total. The Balaban J connectivity index is 1.67. The third-order valence-electron chi connectivity index (χ3n) is 4.56. The molecule has 1 saturated heterocycles. The van der Waals surface area contributed by atoms with Crippen LogP contribution in [0.3, 0.4) is 0 Å². The second kappa shape index (κ2) is 7.05. The van der Waals surface area contributed by atoms with Crippen LogP contribution >= 0.6 is 11.3 Å². The van der Waals surface area contributed by atoms with Gasteiger partial charge in [0.1, 0.15) is 5.60 Å². The van der Waals surface area contributed by atoms with E-state index in [4.69, 9.17) is 0 Å². The number of thiophene rings is 1. The van der Waals surface area contributed by atoms with Gasteiger partial charge in [0.25, 0.3) is 0 Å². The molecule has 24 heavy (non-hydrogen) atoms. The first kappa shape index (κ1) is 17.1. The zero-order valence-electron chi connectivity index (χ0n) is 14.2. The van der Waals surface area contributed by atoms with Crippen LogP contribution in [0.4, 0.5) is 5.69 Å². The molecule has 4 nitrogen and oxygen atoms in total. The molecule has 1 aromatic heterocycles. The molecule has 0 saturated carbocycles. The monoisotopic (exact) mass is 344 g/mol. The van der Waals surface area contributed by atoms with Crippen LogP contribution in [0.15, 0.2) is 41.8 Å². The third-order valence-corrected chi connectivity index (χ3v) is 5.68. The van der Waals surface area contributed by atoms with E-state index in [1.807, 2.05) is 41.5 Å². The van der Waals surface area contributed by atoms with Crippen LogP contribution in [0.2, 0.25) is 0 Å². The predicted octanol–water partition coefficient (Wildman–Crippen LogP) is 3.43. The first-order valence-corrected chi connectivity index (χ1v) is 9.25. The van der Waals surface area contributed by atoms with E-state index in [0.29, 0.717) is 13.0 Å². The largest absolute Gasteiger partial charge is 0.383 e. The molecule has 2 atom stereocenters. The Labute approximate surface area is 147 Å². The summed E-state index contributed by atoms with van der Waals surface area (Å²) in [5, 5.41) is 16.0. The molecular weight excluding hydrogens is 320 g/mol. The fraction of sp³-hybridized carbons (Fsp3) is 0.421. The average molecular weight is 344 g/mol. The summed E-state index contributed by atoms with van der Waals surface area (Å²) < 4.78 is 0. The molecule has 128 valence electrons. The van der Waals surface area contributed by atoms with Crippen LogP contribution < -0.4 is 10.2 Å². The zero-order chi connectivity index (χ0) is 17.2. The van der Waals surface area contributed by atoms with Gasteiger partial charge < -0.3 is 15.3 Å². The van der Waals surface area contributed by atoms with Gasteiger partial charge in [-0.3, -0.25) is 4.79 Å². The number of hydrogen-bond acceptors (Lipinski definition) is 4. The maximum atomic E-state index is 11.9. The van der Waals surface area contributed by atoms with Crippen molar-refractivity contribution >= 4 is 22.9 Å². The number of nitrogens with one attached hydrogen (secondary N) is 1. The SMILES string of the molecule is C[C@@H](NC[C@](C)(O)c1cccs1)c1cccc(N2CCCC2=O)c1. The standard InChI is InChI=1S/C19H24N2O2S/c1-14(20-13-19(2,23)17-8-5-11-24-17)15-6-3-7-16(12-15)21-10-4-9-18(21)22/h3,5-8,11-12,14,20,23H,4,9-10,13H2,1-2H3/t14-,19+/m1/s1. The van der Waals surface area contributed by atoms with E-state index >= 15 is 0 Å². The normalized spacial score (nSPS) is 18.6. The summed E-state index contributed by atoms with van der Waals surface area (Å²) in [6, 6.07) is 12.1. The molecule has 2 heterocycles. The highest BCUT2D eigenvalue weighted by Crippen LogP contribution is 2.27. The third kappa shape index (κ3) is 3.69. The lowest BCUT2D eigenvalue weighted by Gasteiger charge is -2.26. The molecule has 0 bridgehead atoms. The molecule has 1 fully saturated rings. The van der Waals surface area contributed by atoms with Gasteiger partial charge in [0.2, 0.25) is 5.91 Å². The smallest absolute Gasteiger partial charge is 0.227 e. The van der Waals surface area contributed by atoms with Gasteiger partial charge in [-0.25, -0.2) is 0 Å². The Hall–Kier alpha value is -1.69. The van der Waals surface area contributed by atoms with Gasteiger partial charge in [0.15, 0.2) is 0 Å². The van der Waals surface area contributed by atoms with Crippen molar-refractivity contribution in [3.05, 3.63) is 52.2 Å². The average Bonchev–Trinajstić information content (AvgIpc) is 3.24. The van der Waals surface area contributed by atoms with Gasteiger partial charge in [-0.2, -0.15) is 0 Å². The second-order valence-corrected chi connectivity index (χ2v) is 7.55. The summed E-state index contributed by atoms with van der Waals surface area (Å²) in [7, 11) is 0. The van der Waals surface area contributed by atoms with Gasteiger partial charge in [-0.15, -0.1) is 11.3 Å².